The Balaban J connectivity index is 2.86. The number of aliphatic hydroxyl groups is 1. The van der Waals surface area contributed by atoms with Crippen LogP contribution in [0.5, 0.6) is 0 Å². The fraction of sp³-hybridized carbons (Fsp3) is 0.857. The Hall–Kier alpha value is -0.820. The molecule has 0 heterocycles. The van der Waals surface area contributed by atoms with E-state index in [9.17, 15) is 23.2 Å². The number of hydrogen-bond acceptors (Lipinski definition) is 4. The zero-order valence-corrected chi connectivity index (χ0v) is 7.17. The van der Waals surface area contributed by atoms with Crippen LogP contribution in [0.1, 0.15) is 19.3 Å². The van der Waals surface area contributed by atoms with Gasteiger partial charge in [-0.25, -0.2) is 9.74 Å². The first-order valence-corrected chi connectivity index (χ1v) is 4.02. The van der Waals surface area contributed by atoms with Gasteiger partial charge in [-0.2, -0.15) is 8.78 Å². The summed E-state index contributed by atoms with van der Waals surface area (Å²) in [5.41, 5.74) is 2.72. The Kier molecular flexibility index (Phi) is 2.73. The van der Waals surface area contributed by atoms with E-state index in [-0.39, 0.29) is 12.8 Å². The van der Waals surface area contributed by atoms with Crippen molar-refractivity contribution in [3.05, 3.63) is 0 Å². The predicted octanol–water partition coefficient (Wildman–Crippen LogP) is 0.292. The van der Waals surface area contributed by atoms with Gasteiger partial charge in [-0.15, -0.1) is 0 Å². The second kappa shape index (κ2) is 3.39. The molecule has 1 fully saturated rings. The van der Waals surface area contributed by atoms with Crippen molar-refractivity contribution in [3.63, 3.8) is 0 Å². The monoisotopic (exact) mass is 213 g/mol. The lowest BCUT2D eigenvalue weighted by atomic mass is 9.93. The van der Waals surface area contributed by atoms with Gasteiger partial charge in [0.15, 0.2) is 0 Å². The zero-order valence-electron chi connectivity index (χ0n) is 7.17. The molecule has 0 aromatic rings. The summed E-state index contributed by atoms with van der Waals surface area (Å²) in [5.74, 6) is -6.63. The zero-order chi connectivity index (χ0) is 11.0. The van der Waals surface area contributed by atoms with Crippen molar-refractivity contribution in [3.8, 4) is 0 Å². The van der Waals surface area contributed by atoms with Crippen molar-refractivity contribution >= 4 is 5.97 Å². The van der Waals surface area contributed by atoms with Crippen LogP contribution in [0.25, 0.3) is 0 Å². The van der Waals surface area contributed by atoms with Gasteiger partial charge in [0.1, 0.15) is 5.60 Å². The SMILES string of the molecule is NC1CCC(O)(C(F)(F)C(=O)OF)C1. The first-order chi connectivity index (χ1) is 6.33. The lowest BCUT2D eigenvalue weighted by Gasteiger charge is -2.28. The molecule has 0 radical (unpaired) electrons. The number of hydrogen-bond donors (Lipinski definition) is 2. The van der Waals surface area contributed by atoms with E-state index in [0.717, 1.165) is 0 Å². The average Bonchev–Trinajstić information content (AvgIpc) is 2.46. The highest BCUT2D eigenvalue weighted by Crippen LogP contribution is 2.42. The second-order valence-corrected chi connectivity index (χ2v) is 3.47. The fourth-order valence-electron chi connectivity index (χ4n) is 1.59. The Bertz CT molecular complexity index is 248. The molecule has 1 saturated carbocycles. The normalized spacial score (nSPS) is 33.1. The molecule has 14 heavy (non-hydrogen) atoms. The standard InChI is InChI=1S/C7H10F3NO3/c8-7(9,5(12)14-10)6(13)2-1-4(11)3-6/h4,13H,1-3,11H2. The Labute approximate surface area is 77.7 Å². The average molecular weight is 213 g/mol. The summed E-state index contributed by atoms with van der Waals surface area (Å²) in [6.07, 6.45) is -0.642. The van der Waals surface area contributed by atoms with E-state index in [4.69, 9.17) is 5.73 Å². The minimum atomic E-state index is -4.25. The number of carbonyl (C=O) groups excluding carboxylic acids is 1. The molecule has 1 aliphatic carbocycles. The third-order valence-electron chi connectivity index (χ3n) is 2.44. The first-order valence-electron chi connectivity index (χ1n) is 4.02. The number of carbonyl (C=O) groups is 1. The minimum absolute atomic E-state index is 0.158. The lowest BCUT2D eigenvalue weighted by Crippen LogP contribution is -2.52. The molecule has 3 N–H and O–H groups in total. The Morgan fingerprint density at radius 2 is 2.21 bits per heavy atom. The largest absolute Gasteiger partial charge is 0.420 e. The summed E-state index contributed by atoms with van der Waals surface area (Å²) >= 11 is 0. The van der Waals surface area contributed by atoms with Gasteiger partial charge in [-0.05, 0) is 19.3 Å². The van der Waals surface area contributed by atoms with Crippen molar-refractivity contribution in [2.24, 2.45) is 5.73 Å². The van der Waals surface area contributed by atoms with Gasteiger partial charge in [0, 0.05) is 10.6 Å². The van der Waals surface area contributed by atoms with E-state index in [1.54, 1.807) is 0 Å². The van der Waals surface area contributed by atoms with Crippen molar-refractivity contribution in [1.82, 2.24) is 0 Å². The molecule has 0 aromatic carbocycles. The maximum atomic E-state index is 13.1. The molecule has 0 saturated heterocycles. The minimum Gasteiger partial charge on any atom is -0.383 e. The molecule has 2 unspecified atom stereocenters. The van der Waals surface area contributed by atoms with Crippen LogP contribution in [0, 0.1) is 0 Å². The van der Waals surface area contributed by atoms with E-state index in [1.165, 1.54) is 0 Å². The molecule has 7 heteroatoms. The maximum absolute atomic E-state index is 13.1. The van der Waals surface area contributed by atoms with E-state index >= 15 is 0 Å². The first kappa shape index (κ1) is 11.3. The summed E-state index contributed by atoms with van der Waals surface area (Å²) < 4.78 is 37.5. The number of nitrogens with two attached hydrogens (primary N) is 1. The highest BCUT2D eigenvalue weighted by Gasteiger charge is 2.62. The Morgan fingerprint density at radius 3 is 2.57 bits per heavy atom. The predicted molar refractivity (Wildman–Crippen MR) is 38.9 cm³/mol. The van der Waals surface area contributed by atoms with Crippen LogP contribution in [-0.2, 0) is 9.74 Å². The van der Waals surface area contributed by atoms with Gasteiger partial charge in [0.05, 0.1) is 0 Å². The highest BCUT2D eigenvalue weighted by atomic mass is 19.3. The molecule has 0 aromatic heterocycles. The smallest absolute Gasteiger partial charge is 0.383 e. The molecule has 82 valence electrons. The van der Waals surface area contributed by atoms with Crippen molar-refractivity contribution in [2.75, 3.05) is 0 Å². The number of halogens is 3. The van der Waals surface area contributed by atoms with Crippen LogP contribution in [0.15, 0.2) is 0 Å². The van der Waals surface area contributed by atoms with Crippen LogP contribution in [0.3, 0.4) is 0 Å². The molecule has 0 spiro atoms. The fourth-order valence-corrected chi connectivity index (χ4v) is 1.59. The molecule has 1 aliphatic rings. The molecular weight excluding hydrogens is 203 g/mol. The summed E-state index contributed by atoms with van der Waals surface area (Å²) in [6, 6.07) is -0.613. The van der Waals surface area contributed by atoms with E-state index in [2.05, 4.69) is 4.94 Å². The van der Waals surface area contributed by atoms with Gasteiger partial charge < -0.3 is 10.8 Å². The molecule has 1 rings (SSSR count). The van der Waals surface area contributed by atoms with Crippen LogP contribution in [-0.4, -0.2) is 28.6 Å². The van der Waals surface area contributed by atoms with Crippen LogP contribution < -0.4 is 5.73 Å². The molecule has 2 atom stereocenters. The van der Waals surface area contributed by atoms with Crippen LogP contribution in [0.4, 0.5) is 13.3 Å². The van der Waals surface area contributed by atoms with Gasteiger partial charge in [0.2, 0.25) is 0 Å². The van der Waals surface area contributed by atoms with E-state index in [1.807, 2.05) is 0 Å². The molecule has 0 amide bonds. The summed E-state index contributed by atoms with van der Waals surface area (Å²) in [6.45, 7) is 0. The summed E-state index contributed by atoms with van der Waals surface area (Å²) in [5, 5.41) is 9.39. The lowest BCUT2D eigenvalue weighted by molar-refractivity contribution is -0.241. The summed E-state index contributed by atoms with van der Waals surface area (Å²) in [7, 11) is 0. The van der Waals surface area contributed by atoms with Crippen LogP contribution in [0.2, 0.25) is 0 Å². The molecule has 0 bridgehead atoms. The third-order valence-corrected chi connectivity index (χ3v) is 2.44. The second-order valence-electron chi connectivity index (χ2n) is 3.47. The van der Waals surface area contributed by atoms with Gasteiger partial charge in [-0.1, -0.05) is 0 Å². The van der Waals surface area contributed by atoms with Gasteiger partial charge in [-0.3, -0.25) is 0 Å². The van der Waals surface area contributed by atoms with Gasteiger partial charge in [0.25, 0.3) is 0 Å². The Morgan fingerprint density at radius 1 is 1.64 bits per heavy atom. The number of alkyl halides is 2. The quantitative estimate of drug-likeness (QED) is 0.691. The summed E-state index contributed by atoms with van der Waals surface area (Å²) in [4.78, 5) is 12.8. The molecule has 0 aliphatic heterocycles. The van der Waals surface area contributed by atoms with Crippen molar-refractivity contribution < 1.29 is 28.1 Å². The van der Waals surface area contributed by atoms with Crippen molar-refractivity contribution in [1.29, 1.82) is 0 Å². The third kappa shape index (κ3) is 1.57. The van der Waals surface area contributed by atoms with E-state index < -0.39 is 30.0 Å². The topological polar surface area (TPSA) is 72.5 Å². The van der Waals surface area contributed by atoms with E-state index in [0.29, 0.717) is 0 Å². The van der Waals surface area contributed by atoms with Gasteiger partial charge >= 0.3 is 11.9 Å². The highest BCUT2D eigenvalue weighted by molar-refractivity contribution is 5.78. The van der Waals surface area contributed by atoms with Crippen molar-refractivity contribution in [2.45, 2.75) is 36.8 Å². The maximum Gasteiger partial charge on any atom is 0.420 e. The van der Waals surface area contributed by atoms with Crippen LogP contribution >= 0.6 is 0 Å². The molecule has 4 nitrogen and oxygen atoms in total. The molecular formula is C7H10F3NO3. The number of rotatable bonds is 2.